The molecule has 0 spiro atoms. The second kappa shape index (κ2) is 23.5. The molecule has 0 radical (unpaired) electrons. The van der Waals surface area contributed by atoms with Crippen LogP contribution in [0, 0.1) is 23.2 Å². The fourth-order valence-corrected chi connectivity index (χ4v) is 9.22. The number of hydrogen-bond donors (Lipinski definition) is 3. The van der Waals surface area contributed by atoms with Gasteiger partial charge in [0, 0.05) is 50.1 Å². The van der Waals surface area contributed by atoms with Gasteiger partial charge in [-0.25, -0.2) is 4.79 Å². The van der Waals surface area contributed by atoms with Crippen molar-refractivity contribution in [1.29, 1.82) is 5.26 Å². The molecule has 0 saturated carbocycles. The highest BCUT2D eigenvalue weighted by molar-refractivity contribution is 7.17. The highest BCUT2D eigenvalue weighted by atomic mass is 35.5. The quantitative estimate of drug-likeness (QED) is 0.183. The van der Waals surface area contributed by atoms with Crippen LogP contribution in [-0.4, -0.2) is 126 Å². The number of hydrogen-bond acceptors (Lipinski definition) is 10. The monoisotopic (exact) mass is 963 g/mol. The van der Waals surface area contributed by atoms with E-state index < -0.39 is 103 Å². The Hall–Kier alpha value is -5.22. The van der Waals surface area contributed by atoms with E-state index in [1.165, 1.54) is 37.3 Å². The standard InChI is InChI=1S/C46H61ClF3N7O8S/c1-25(2)18-32-43(62)57(8)36(21-29-24-66-38-16-15-30(47)22-31(29)38)40(59)53-33(20-28-12-9-10-13-28)42(61)55(6)27(5)45(64)65-37(14-11-17-51)41(60)54-34(23-46(48,49)50)44(63)56(7)35(19-26(3)4)39(58)52-32/h12,15-16,22,24-27,32-37H,9-11,13-14,18-21,23H2,1-8H3,(H,52,58)(H,53,59)(H,54,60)/t27-,32-,33-,34-,35-,36-,37+/m0/s1. The molecule has 1 aromatic carbocycles. The van der Waals surface area contributed by atoms with Crippen LogP contribution in [-0.2, 0) is 44.7 Å². The molecular weight excluding hydrogens is 903 g/mol. The summed E-state index contributed by atoms with van der Waals surface area (Å²) in [5, 5.41) is 20.0. The van der Waals surface area contributed by atoms with Crippen LogP contribution < -0.4 is 16.0 Å². The minimum Gasteiger partial charge on any atom is -0.451 e. The number of amides is 6. The lowest BCUT2D eigenvalue weighted by Crippen LogP contribution is -2.60. The summed E-state index contributed by atoms with van der Waals surface area (Å²) in [6.07, 6.45) is -5.47. The zero-order chi connectivity index (χ0) is 49.2. The average molecular weight is 965 g/mol. The minimum absolute atomic E-state index is 0.0507. The zero-order valence-electron chi connectivity index (χ0n) is 38.6. The molecule has 2 heterocycles. The van der Waals surface area contributed by atoms with Crippen LogP contribution in [0.1, 0.15) is 98.0 Å². The average Bonchev–Trinajstić information content (AvgIpc) is 3.91. The van der Waals surface area contributed by atoms with Gasteiger partial charge in [0.25, 0.3) is 5.91 Å². The summed E-state index contributed by atoms with van der Waals surface area (Å²) in [5.74, 6) is -7.33. The van der Waals surface area contributed by atoms with Crippen molar-refractivity contribution in [1.82, 2.24) is 30.7 Å². The van der Waals surface area contributed by atoms with E-state index in [0.29, 0.717) is 17.0 Å². The van der Waals surface area contributed by atoms with Gasteiger partial charge in [-0.1, -0.05) is 50.9 Å². The topological polar surface area (TPSA) is 198 Å². The second-order valence-corrected chi connectivity index (χ2v) is 19.4. The Balaban J connectivity index is 1.91. The third kappa shape index (κ3) is 14.4. The largest absolute Gasteiger partial charge is 0.451 e. The van der Waals surface area contributed by atoms with Crippen molar-refractivity contribution in [2.75, 3.05) is 21.1 Å². The van der Waals surface area contributed by atoms with Crippen molar-refractivity contribution in [3.63, 3.8) is 0 Å². The van der Waals surface area contributed by atoms with E-state index >= 15 is 0 Å². The van der Waals surface area contributed by atoms with Gasteiger partial charge in [0.1, 0.15) is 36.3 Å². The Morgan fingerprint density at radius 2 is 1.42 bits per heavy atom. The van der Waals surface area contributed by atoms with Crippen LogP contribution in [0.3, 0.4) is 0 Å². The van der Waals surface area contributed by atoms with E-state index in [2.05, 4.69) is 16.0 Å². The van der Waals surface area contributed by atoms with Gasteiger partial charge in [-0.3, -0.25) is 28.8 Å². The molecule has 0 bridgehead atoms. The lowest BCUT2D eigenvalue weighted by atomic mass is 9.97. The van der Waals surface area contributed by atoms with Gasteiger partial charge in [-0.2, -0.15) is 18.4 Å². The van der Waals surface area contributed by atoms with E-state index in [-0.39, 0.29) is 43.9 Å². The fraction of sp³-hybridized carbons (Fsp3) is 0.609. The van der Waals surface area contributed by atoms with Gasteiger partial charge >= 0.3 is 12.1 Å². The Morgan fingerprint density at radius 3 is 2.03 bits per heavy atom. The molecule has 20 heteroatoms. The van der Waals surface area contributed by atoms with Crippen LogP contribution in [0.5, 0.6) is 0 Å². The van der Waals surface area contributed by atoms with E-state index in [1.807, 2.05) is 17.5 Å². The lowest BCUT2D eigenvalue weighted by Gasteiger charge is -2.35. The number of rotatable bonds is 11. The summed E-state index contributed by atoms with van der Waals surface area (Å²) in [6.45, 7) is 8.36. The Bertz CT molecular complexity index is 2190. The molecule has 15 nitrogen and oxygen atoms in total. The maximum Gasteiger partial charge on any atom is 0.391 e. The Labute approximate surface area is 392 Å². The molecule has 1 aliphatic carbocycles. The fourth-order valence-electron chi connectivity index (χ4n) is 8.09. The second-order valence-electron chi connectivity index (χ2n) is 18.0. The Kier molecular flexibility index (Phi) is 19.0. The number of thiophene rings is 1. The van der Waals surface area contributed by atoms with Crippen molar-refractivity contribution < 1.29 is 51.5 Å². The van der Waals surface area contributed by atoms with Crippen LogP contribution in [0.15, 0.2) is 35.2 Å². The first-order valence-electron chi connectivity index (χ1n) is 22.1. The van der Waals surface area contributed by atoms with Crippen molar-refractivity contribution >= 4 is 74.4 Å². The number of carbonyl (C=O) groups excluding carboxylic acids is 7. The maximum absolute atomic E-state index is 14.9. The third-order valence-corrected chi connectivity index (χ3v) is 13.1. The number of allylic oxidation sites excluding steroid dienone is 1. The van der Waals surface area contributed by atoms with E-state index in [9.17, 15) is 52.0 Å². The summed E-state index contributed by atoms with van der Waals surface area (Å²) in [5.41, 5.74) is 1.54. The molecule has 1 fully saturated rings. The molecule has 2 aromatic rings. The van der Waals surface area contributed by atoms with Gasteiger partial charge in [-0.15, -0.1) is 11.3 Å². The Morgan fingerprint density at radius 1 is 0.833 bits per heavy atom. The molecule has 7 atom stereocenters. The van der Waals surface area contributed by atoms with Crippen molar-refractivity contribution in [2.45, 2.75) is 147 Å². The van der Waals surface area contributed by atoms with E-state index in [4.69, 9.17) is 16.3 Å². The van der Waals surface area contributed by atoms with Crippen molar-refractivity contribution in [2.24, 2.45) is 11.8 Å². The number of carbonyl (C=O) groups is 7. The predicted molar refractivity (Wildman–Crippen MR) is 243 cm³/mol. The molecule has 362 valence electrons. The molecule has 2 aliphatic rings. The highest BCUT2D eigenvalue weighted by Crippen LogP contribution is 2.31. The number of nitrogens with zero attached hydrogens (tertiary/aromatic N) is 4. The molecule has 66 heavy (non-hydrogen) atoms. The summed E-state index contributed by atoms with van der Waals surface area (Å²) in [4.78, 5) is 103. The summed E-state index contributed by atoms with van der Waals surface area (Å²) < 4.78 is 48.8. The molecule has 0 unspecified atom stereocenters. The number of ether oxygens (including phenoxy) is 1. The van der Waals surface area contributed by atoms with Crippen molar-refractivity contribution in [3.8, 4) is 6.07 Å². The van der Waals surface area contributed by atoms with E-state index in [0.717, 1.165) is 45.3 Å². The number of cyclic esters (lactones) is 1. The molecule has 1 saturated heterocycles. The molecule has 1 aromatic heterocycles. The first kappa shape index (κ1) is 53.4. The number of fused-ring (bicyclic) bond motifs is 1. The van der Waals surface area contributed by atoms with Crippen LogP contribution in [0.4, 0.5) is 13.2 Å². The molecule has 6 amide bonds. The molecule has 4 rings (SSSR count). The predicted octanol–water partition coefficient (Wildman–Crippen LogP) is 5.83. The zero-order valence-corrected chi connectivity index (χ0v) is 40.2. The summed E-state index contributed by atoms with van der Waals surface area (Å²) in [7, 11) is 3.80. The summed E-state index contributed by atoms with van der Waals surface area (Å²) in [6, 6.07) is -1.98. The minimum atomic E-state index is -5.01. The van der Waals surface area contributed by atoms with Gasteiger partial charge in [0.15, 0.2) is 6.10 Å². The smallest absolute Gasteiger partial charge is 0.391 e. The van der Waals surface area contributed by atoms with Gasteiger partial charge in [0.2, 0.25) is 29.5 Å². The van der Waals surface area contributed by atoms with Crippen LogP contribution >= 0.6 is 22.9 Å². The number of esters is 1. The van der Waals surface area contributed by atoms with Crippen LogP contribution in [0.25, 0.3) is 10.1 Å². The first-order valence-corrected chi connectivity index (χ1v) is 23.4. The number of likely N-dealkylation sites (N-methyl/N-ethyl adjacent to an activating group) is 3. The van der Waals surface area contributed by atoms with Gasteiger partial charge < -0.3 is 35.4 Å². The lowest BCUT2D eigenvalue weighted by molar-refractivity contribution is -0.166. The van der Waals surface area contributed by atoms with Crippen molar-refractivity contribution in [3.05, 3.63) is 45.8 Å². The number of alkyl halides is 3. The van der Waals surface area contributed by atoms with Crippen LogP contribution in [0.2, 0.25) is 5.02 Å². The number of nitriles is 1. The third-order valence-electron chi connectivity index (χ3n) is 11.9. The molecule has 3 N–H and O–H groups in total. The summed E-state index contributed by atoms with van der Waals surface area (Å²) >= 11 is 7.80. The number of halogens is 4. The van der Waals surface area contributed by atoms with Gasteiger partial charge in [-0.05, 0) is 91.8 Å². The van der Waals surface area contributed by atoms with Gasteiger partial charge in [0.05, 0.1) is 12.5 Å². The maximum atomic E-state index is 14.9. The molecular formula is C46H61ClF3N7O8S. The molecule has 1 aliphatic heterocycles. The SMILES string of the molecule is CC(C)C[C@@H]1NC(=O)[C@H](CC(C)C)N(C)C(=O)[C@H](CC(F)(F)F)NC(=O)[C@@H](CCC#N)OC(=O)[C@H](C)N(C)C(=O)[C@H](CC2=CCCC2)NC(=O)[C@H](Cc2csc3ccc(Cl)cc23)N(C)C1=O. The highest BCUT2D eigenvalue weighted by Gasteiger charge is 2.43. The normalized spacial score (nSPS) is 25.1. The number of nitrogens with one attached hydrogen (secondary N) is 3. The van der Waals surface area contributed by atoms with E-state index in [1.54, 1.807) is 45.9 Å². The first-order chi connectivity index (χ1) is 30.9. The number of benzene rings is 1.